The van der Waals surface area contributed by atoms with Crippen molar-refractivity contribution in [2.45, 2.75) is 25.7 Å². The number of Topliss-reactive ketones (excluding diaryl/α,β-unsaturated/α-hetero) is 1. The Morgan fingerprint density at radius 1 is 1.11 bits per heavy atom. The Kier molecular flexibility index (Phi) is 6.52. The highest BCUT2D eigenvalue weighted by molar-refractivity contribution is 7.85. The minimum atomic E-state index is -4.45. The molecule has 2 aromatic heterocycles. The normalized spacial score (nSPS) is 12.2. The third-order valence-electron chi connectivity index (χ3n) is 5.26. The first-order chi connectivity index (χ1) is 16.9. The van der Waals surface area contributed by atoms with Crippen molar-refractivity contribution in [2.75, 3.05) is 5.32 Å². The first kappa shape index (κ1) is 25.2. The maximum absolute atomic E-state index is 12.9. The second-order valence-electron chi connectivity index (χ2n) is 8.08. The molecule has 4 aromatic rings. The molecule has 11 nitrogen and oxygen atoms in total. The number of nitrogens with zero attached hydrogens (tertiary/aromatic N) is 5. The summed E-state index contributed by atoms with van der Waals surface area (Å²) in [5.41, 5.74) is 1.92. The van der Waals surface area contributed by atoms with Crippen molar-refractivity contribution in [3.63, 3.8) is 0 Å². The number of halogens is 1. The predicted octanol–water partition coefficient (Wildman–Crippen LogP) is 3.55. The van der Waals surface area contributed by atoms with Gasteiger partial charge in [-0.05, 0) is 49.7 Å². The molecule has 0 aliphatic rings. The zero-order valence-electron chi connectivity index (χ0n) is 19.6. The van der Waals surface area contributed by atoms with Crippen LogP contribution < -0.4 is 5.32 Å². The summed E-state index contributed by atoms with van der Waals surface area (Å²) in [5, 5.41) is 11.8. The molecule has 186 valence electrons. The third-order valence-corrected chi connectivity index (χ3v) is 6.42. The minimum absolute atomic E-state index is 0.235. The lowest BCUT2D eigenvalue weighted by Gasteiger charge is -2.07. The number of hydrogen-bond donors (Lipinski definition) is 2. The number of carbonyl (C=O) groups excluding carboxylic acids is 2. The van der Waals surface area contributed by atoms with E-state index in [0.29, 0.717) is 33.2 Å². The molecular formula is C23H21ClN6O5S. The molecule has 0 radical (unpaired) electrons. The van der Waals surface area contributed by atoms with Gasteiger partial charge in [0.15, 0.2) is 23.0 Å². The number of amides is 1. The van der Waals surface area contributed by atoms with Crippen molar-refractivity contribution >= 4 is 56.1 Å². The first-order valence-corrected chi connectivity index (χ1v) is 12.4. The van der Waals surface area contributed by atoms with Crippen LogP contribution in [0.5, 0.6) is 0 Å². The summed E-state index contributed by atoms with van der Waals surface area (Å²) in [6.45, 7) is 4.55. The highest BCUT2D eigenvalue weighted by atomic mass is 35.5. The van der Waals surface area contributed by atoms with Gasteiger partial charge in [-0.3, -0.25) is 14.1 Å². The van der Waals surface area contributed by atoms with Crippen LogP contribution in [0, 0.1) is 13.8 Å². The molecule has 13 heteroatoms. The van der Waals surface area contributed by atoms with Crippen LogP contribution in [0.15, 0.2) is 52.4 Å². The van der Waals surface area contributed by atoms with E-state index in [-0.39, 0.29) is 22.1 Å². The average Bonchev–Trinajstić information content (AvgIpc) is 3.27. The number of ketones is 1. The number of aryl methyl sites for hydroxylation is 3. The standard InChI is InChI=1S/C23H21ClN6O5S/c1-12-9-15(11-16(10-12)36(33,34)35)21-28-29(4)23-19(13(2)27-30(21)23)26-20(14(3)31)22(32)25-18-8-6-5-7-17(18)24/h5-11H,1-4H3,(H,25,32)(H,33,34,35). The van der Waals surface area contributed by atoms with Gasteiger partial charge in [0.05, 0.1) is 21.3 Å². The molecule has 0 unspecified atom stereocenters. The lowest BCUT2D eigenvalue weighted by atomic mass is 10.1. The van der Waals surface area contributed by atoms with Crippen molar-refractivity contribution in [1.29, 1.82) is 0 Å². The zero-order chi connectivity index (χ0) is 26.4. The summed E-state index contributed by atoms with van der Waals surface area (Å²) < 4.78 is 35.8. The van der Waals surface area contributed by atoms with E-state index in [0.717, 1.165) is 0 Å². The topological polar surface area (TPSA) is 148 Å². The average molecular weight is 529 g/mol. The Bertz CT molecular complexity index is 1690. The Balaban J connectivity index is 1.84. The third kappa shape index (κ3) is 4.78. The Morgan fingerprint density at radius 2 is 1.81 bits per heavy atom. The van der Waals surface area contributed by atoms with Crippen molar-refractivity contribution in [2.24, 2.45) is 12.0 Å². The molecule has 0 atom stereocenters. The van der Waals surface area contributed by atoms with Gasteiger partial charge in [-0.1, -0.05) is 23.7 Å². The fourth-order valence-corrected chi connectivity index (χ4v) is 4.45. The molecule has 2 N–H and O–H groups in total. The van der Waals surface area contributed by atoms with Gasteiger partial charge in [-0.25, -0.2) is 9.67 Å². The van der Waals surface area contributed by atoms with Crippen molar-refractivity contribution in [1.82, 2.24) is 19.4 Å². The fourth-order valence-electron chi connectivity index (χ4n) is 3.66. The number of benzene rings is 2. The number of nitrogens with one attached hydrogen (secondary N) is 1. The van der Waals surface area contributed by atoms with E-state index in [2.05, 4.69) is 20.5 Å². The summed E-state index contributed by atoms with van der Waals surface area (Å²) in [6.07, 6.45) is 0. The number of aliphatic imine (C=N–C) groups is 1. The predicted molar refractivity (Wildman–Crippen MR) is 135 cm³/mol. The van der Waals surface area contributed by atoms with Gasteiger partial charge in [-0.15, -0.1) is 0 Å². The molecule has 2 aromatic carbocycles. The smallest absolute Gasteiger partial charge is 0.294 e. The molecule has 36 heavy (non-hydrogen) atoms. The Morgan fingerprint density at radius 3 is 2.44 bits per heavy atom. The lowest BCUT2D eigenvalue weighted by Crippen LogP contribution is -2.28. The molecule has 0 aliphatic carbocycles. The van der Waals surface area contributed by atoms with Crippen LogP contribution in [-0.2, 0) is 26.8 Å². The highest BCUT2D eigenvalue weighted by Crippen LogP contribution is 2.31. The van der Waals surface area contributed by atoms with Crippen LogP contribution >= 0.6 is 11.6 Å². The molecule has 1 amide bonds. The Hall–Kier alpha value is -3.87. The maximum Gasteiger partial charge on any atom is 0.294 e. The summed E-state index contributed by atoms with van der Waals surface area (Å²) in [5.74, 6) is -1.04. The van der Waals surface area contributed by atoms with Crippen LogP contribution in [0.3, 0.4) is 0 Å². The second kappa shape index (κ2) is 9.30. The number of hydrogen-bond acceptors (Lipinski definition) is 7. The number of para-hydroxylation sites is 1. The number of rotatable bonds is 6. The molecule has 0 saturated heterocycles. The lowest BCUT2D eigenvalue weighted by molar-refractivity contribution is -0.114. The van der Waals surface area contributed by atoms with Crippen molar-refractivity contribution in [3.05, 3.63) is 58.7 Å². The summed E-state index contributed by atoms with van der Waals surface area (Å²) in [7, 11) is -2.83. The number of aromatic nitrogens is 4. The molecule has 2 heterocycles. The molecule has 0 bridgehead atoms. The van der Waals surface area contributed by atoms with Gasteiger partial charge < -0.3 is 5.32 Å². The molecular weight excluding hydrogens is 508 g/mol. The minimum Gasteiger partial charge on any atom is -0.319 e. The molecule has 4 rings (SSSR count). The van der Waals surface area contributed by atoms with Crippen LogP contribution in [-0.4, -0.2) is 49.8 Å². The van der Waals surface area contributed by atoms with Gasteiger partial charge in [0, 0.05) is 19.5 Å². The van der Waals surface area contributed by atoms with E-state index in [1.165, 1.54) is 28.3 Å². The van der Waals surface area contributed by atoms with Crippen LogP contribution in [0.4, 0.5) is 11.4 Å². The monoisotopic (exact) mass is 528 g/mol. The van der Waals surface area contributed by atoms with Crippen LogP contribution in [0.25, 0.3) is 17.0 Å². The molecule has 0 fully saturated rings. The van der Waals surface area contributed by atoms with E-state index in [1.807, 2.05) is 0 Å². The Labute approximate surface area is 211 Å². The van der Waals surface area contributed by atoms with Crippen molar-refractivity contribution in [3.8, 4) is 11.4 Å². The van der Waals surface area contributed by atoms with E-state index in [9.17, 15) is 22.6 Å². The summed E-state index contributed by atoms with van der Waals surface area (Å²) >= 11 is 6.11. The SMILES string of the molecule is CC(=O)C(=Nc1c(C)nn2c(-c3cc(C)cc(S(=O)(=O)O)c3)nn(C)c12)C(=O)Nc1ccccc1Cl. The van der Waals surface area contributed by atoms with Crippen molar-refractivity contribution < 1.29 is 22.6 Å². The van der Waals surface area contributed by atoms with Gasteiger partial charge in [-0.2, -0.15) is 23.1 Å². The highest BCUT2D eigenvalue weighted by Gasteiger charge is 2.24. The van der Waals surface area contributed by atoms with Crippen LogP contribution in [0.1, 0.15) is 18.2 Å². The van der Waals surface area contributed by atoms with Gasteiger partial charge in [0.1, 0.15) is 5.69 Å². The zero-order valence-corrected chi connectivity index (χ0v) is 21.2. The molecule has 0 spiro atoms. The largest absolute Gasteiger partial charge is 0.319 e. The van der Waals surface area contributed by atoms with Gasteiger partial charge >= 0.3 is 0 Å². The van der Waals surface area contributed by atoms with Gasteiger partial charge in [0.2, 0.25) is 0 Å². The fraction of sp³-hybridized carbons (Fsp3) is 0.174. The number of fused-ring (bicyclic) bond motifs is 1. The number of anilines is 1. The molecule has 0 saturated carbocycles. The second-order valence-corrected chi connectivity index (χ2v) is 9.91. The van der Waals surface area contributed by atoms with Crippen LogP contribution in [0.2, 0.25) is 5.02 Å². The summed E-state index contributed by atoms with van der Waals surface area (Å²) in [6, 6.07) is 10.9. The number of carbonyl (C=O) groups is 2. The van der Waals surface area contributed by atoms with E-state index >= 15 is 0 Å². The maximum atomic E-state index is 12.9. The van der Waals surface area contributed by atoms with E-state index in [1.54, 1.807) is 51.2 Å². The van der Waals surface area contributed by atoms with E-state index < -0.39 is 21.8 Å². The summed E-state index contributed by atoms with van der Waals surface area (Å²) in [4.78, 5) is 29.3. The molecule has 0 aliphatic heterocycles. The van der Waals surface area contributed by atoms with Gasteiger partial charge in [0.25, 0.3) is 16.0 Å². The quantitative estimate of drug-likeness (QED) is 0.221. The first-order valence-electron chi connectivity index (χ1n) is 10.5. The van der Waals surface area contributed by atoms with E-state index in [4.69, 9.17) is 11.6 Å².